The van der Waals surface area contributed by atoms with Gasteiger partial charge in [-0.15, -0.1) is 0 Å². The van der Waals surface area contributed by atoms with E-state index in [0.29, 0.717) is 32.7 Å². The van der Waals surface area contributed by atoms with Gasteiger partial charge in [-0.05, 0) is 18.3 Å². The Kier molecular flexibility index (Phi) is 2.63. The molecule has 2 bridgehead atoms. The van der Waals surface area contributed by atoms with E-state index in [1.807, 2.05) is 4.90 Å². The number of rotatable bonds is 1. The van der Waals surface area contributed by atoms with Crippen LogP contribution in [0.1, 0.15) is 40.0 Å². The van der Waals surface area contributed by atoms with Crippen LogP contribution in [-0.4, -0.2) is 42.9 Å². The lowest BCUT2D eigenvalue weighted by molar-refractivity contribution is -0.151. The maximum atomic E-state index is 13.0. The average molecular weight is 265 g/mol. The molecule has 4 heteroatoms. The van der Waals surface area contributed by atoms with E-state index in [0.717, 1.165) is 12.8 Å². The Labute approximate surface area is 114 Å². The number of Topliss-reactive ketones (excluding diaryl/α,β-unsaturated/α-hetero) is 1. The Balaban J connectivity index is 1.95. The first-order chi connectivity index (χ1) is 8.85. The predicted molar refractivity (Wildman–Crippen MR) is 70.6 cm³/mol. The summed E-state index contributed by atoms with van der Waals surface area (Å²) in [7, 11) is 0. The number of morpholine rings is 1. The summed E-state index contributed by atoms with van der Waals surface area (Å²) in [4.78, 5) is 27.3. The van der Waals surface area contributed by atoms with Crippen molar-refractivity contribution in [2.45, 2.75) is 40.0 Å². The van der Waals surface area contributed by atoms with Crippen molar-refractivity contribution in [3.05, 3.63) is 0 Å². The van der Waals surface area contributed by atoms with E-state index < -0.39 is 5.41 Å². The first kappa shape index (κ1) is 13.1. The number of ether oxygens (including phenoxy) is 1. The molecule has 2 aliphatic carbocycles. The lowest BCUT2D eigenvalue weighted by Crippen LogP contribution is -2.51. The van der Waals surface area contributed by atoms with Crippen molar-refractivity contribution < 1.29 is 14.3 Å². The Bertz CT molecular complexity index is 439. The number of ketones is 1. The monoisotopic (exact) mass is 265 g/mol. The number of carbonyl (C=O) groups excluding carboxylic acids is 2. The molecule has 1 saturated heterocycles. The van der Waals surface area contributed by atoms with Gasteiger partial charge in [0.25, 0.3) is 0 Å². The quantitative estimate of drug-likeness (QED) is 0.724. The van der Waals surface area contributed by atoms with Gasteiger partial charge in [0.15, 0.2) is 0 Å². The molecule has 3 rings (SSSR count). The highest BCUT2D eigenvalue weighted by molar-refractivity contribution is 5.99. The molecule has 19 heavy (non-hydrogen) atoms. The van der Waals surface area contributed by atoms with Crippen LogP contribution >= 0.6 is 0 Å². The van der Waals surface area contributed by atoms with Gasteiger partial charge < -0.3 is 9.64 Å². The Morgan fingerprint density at radius 2 is 1.79 bits per heavy atom. The van der Waals surface area contributed by atoms with Crippen LogP contribution < -0.4 is 0 Å². The summed E-state index contributed by atoms with van der Waals surface area (Å²) in [6, 6.07) is 0. The minimum atomic E-state index is -0.462. The summed E-state index contributed by atoms with van der Waals surface area (Å²) in [5.41, 5.74) is -1.00. The molecule has 106 valence electrons. The summed E-state index contributed by atoms with van der Waals surface area (Å²) in [6.45, 7) is 8.85. The third-order valence-corrected chi connectivity index (χ3v) is 6.41. The average Bonchev–Trinajstić information content (AvgIpc) is 2.69. The highest BCUT2D eigenvalue weighted by atomic mass is 16.5. The summed E-state index contributed by atoms with van der Waals surface area (Å²) in [6.07, 6.45) is 2.15. The molecule has 0 aromatic carbocycles. The molecule has 4 nitrogen and oxygen atoms in total. The lowest BCUT2D eigenvalue weighted by atomic mass is 9.64. The van der Waals surface area contributed by atoms with Gasteiger partial charge in [0.2, 0.25) is 5.91 Å². The van der Waals surface area contributed by atoms with Gasteiger partial charge in [-0.1, -0.05) is 20.8 Å². The third kappa shape index (κ3) is 1.38. The molecular weight excluding hydrogens is 242 g/mol. The molecule has 0 aromatic heterocycles. The zero-order chi connectivity index (χ0) is 13.9. The van der Waals surface area contributed by atoms with Crippen LogP contribution in [0.2, 0.25) is 0 Å². The molecule has 1 aliphatic heterocycles. The van der Waals surface area contributed by atoms with E-state index >= 15 is 0 Å². The smallest absolute Gasteiger partial charge is 0.229 e. The molecular formula is C15H23NO3. The number of hydrogen-bond acceptors (Lipinski definition) is 3. The predicted octanol–water partition coefficient (Wildman–Crippen LogP) is 1.63. The van der Waals surface area contributed by atoms with Crippen LogP contribution in [0.3, 0.4) is 0 Å². The second kappa shape index (κ2) is 3.81. The van der Waals surface area contributed by atoms with Gasteiger partial charge in [-0.25, -0.2) is 0 Å². The van der Waals surface area contributed by atoms with Crippen LogP contribution in [0.5, 0.6) is 0 Å². The van der Waals surface area contributed by atoms with E-state index in [-0.39, 0.29) is 22.5 Å². The molecule has 3 fully saturated rings. The number of hydrogen-bond donors (Lipinski definition) is 0. The van der Waals surface area contributed by atoms with Gasteiger partial charge >= 0.3 is 0 Å². The van der Waals surface area contributed by atoms with Crippen molar-refractivity contribution in [1.82, 2.24) is 4.90 Å². The van der Waals surface area contributed by atoms with Gasteiger partial charge in [0.05, 0.1) is 18.6 Å². The normalized spacial score (nSPS) is 40.8. The van der Waals surface area contributed by atoms with Crippen molar-refractivity contribution in [1.29, 1.82) is 0 Å². The second-order valence-corrected chi connectivity index (χ2v) is 7.04. The second-order valence-electron chi connectivity index (χ2n) is 7.04. The molecule has 1 heterocycles. The molecule has 2 saturated carbocycles. The van der Waals surface area contributed by atoms with Crippen molar-refractivity contribution in [2.24, 2.45) is 16.2 Å². The summed E-state index contributed by atoms with van der Waals surface area (Å²) in [5, 5.41) is 0. The summed E-state index contributed by atoms with van der Waals surface area (Å²) < 4.78 is 5.32. The molecule has 0 unspecified atom stereocenters. The fourth-order valence-electron chi connectivity index (χ4n) is 4.40. The van der Waals surface area contributed by atoms with Crippen molar-refractivity contribution in [2.75, 3.05) is 26.3 Å². The number of carbonyl (C=O) groups is 2. The molecule has 2 atom stereocenters. The van der Waals surface area contributed by atoms with E-state index in [1.54, 1.807) is 0 Å². The maximum Gasteiger partial charge on any atom is 0.229 e. The van der Waals surface area contributed by atoms with Crippen molar-refractivity contribution in [3.8, 4) is 0 Å². The fraction of sp³-hybridized carbons (Fsp3) is 0.867. The highest BCUT2D eigenvalue weighted by Crippen LogP contribution is 2.70. The molecule has 0 N–H and O–H groups in total. The fourth-order valence-corrected chi connectivity index (χ4v) is 4.40. The van der Waals surface area contributed by atoms with E-state index in [9.17, 15) is 9.59 Å². The summed E-state index contributed by atoms with van der Waals surface area (Å²) in [5.74, 6) is 0.473. The standard InChI is InChI=1S/C15H23NO3/c1-13(2)14(3)4-5-15(13,10-11(14)17)12(18)16-6-8-19-9-7-16/h4-10H2,1-3H3/t14-,15-/m0/s1. The van der Waals surface area contributed by atoms with Crippen LogP contribution in [0.15, 0.2) is 0 Å². The van der Waals surface area contributed by atoms with E-state index in [2.05, 4.69) is 20.8 Å². The summed E-state index contributed by atoms with van der Waals surface area (Å²) >= 11 is 0. The van der Waals surface area contributed by atoms with Crippen molar-refractivity contribution in [3.63, 3.8) is 0 Å². The van der Waals surface area contributed by atoms with E-state index in [4.69, 9.17) is 4.74 Å². The third-order valence-electron chi connectivity index (χ3n) is 6.41. The van der Waals surface area contributed by atoms with Crippen LogP contribution in [0, 0.1) is 16.2 Å². The number of amides is 1. The van der Waals surface area contributed by atoms with Gasteiger partial charge in [0.1, 0.15) is 5.78 Å². The molecule has 0 spiro atoms. The molecule has 0 radical (unpaired) electrons. The van der Waals surface area contributed by atoms with Gasteiger partial charge in [-0.2, -0.15) is 0 Å². The Morgan fingerprint density at radius 1 is 1.16 bits per heavy atom. The van der Waals surface area contributed by atoms with Gasteiger partial charge in [0, 0.05) is 24.9 Å². The van der Waals surface area contributed by atoms with Crippen LogP contribution in [0.4, 0.5) is 0 Å². The first-order valence-corrected chi connectivity index (χ1v) is 7.26. The minimum absolute atomic E-state index is 0.190. The molecule has 3 aliphatic rings. The highest BCUT2D eigenvalue weighted by Gasteiger charge is 2.72. The Hall–Kier alpha value is -0.900. The van der Waals surface area contributed by atoms with Crippen LogP contribution in [-0.2, 0) is 14.3 Å². The van der Waals surface area contributed by atoms with Gasteiger partial charge in [-0.3, -0.25) is 9.59 Å². The van der Waals surface area contributed by atoms with E-state index in [1.165, 1.54) is 0 Å². The number of fused-ring (bicyclic) bond motifs is 2. The molecule has 1 amide bonds. The lowest BCUT2D eigenvalue weighted by Gasteiger charge is -2.42. The Morgan fingerprint density at radius 3 is 2.26 bits per heavy atom. The number of nitrogens with zero attached hydrogens (tertiary/aromatic N) is 1. The largest absolute Gasteiger partial charge is 0.378 e. The SMILES string of the molecule is CC1(C)[C@@]2(C(=O)N3CCOCC3)CC[C@@]1(C)C(=O)C2. The minimum Gasteiger partial charge on any atom is -0.378 e. The van der Waals surface area contributed by atoms with Crippen molar-refractivity contribution >= 4 is 11.7 Å². The first-order valence-electron chi connectivity index (χ1n) is 7.26. The topological polar surface area (TPSA) is 46.6 Å². The zero-order valence-electron chi connectivity index (χ0n) is 12.1. The van der Waals surface area contributed by atoms with Crippen LogP contribution in [0.25, 0.3) is 0 Å². The molecule has 0 aromatic rings. The zero-order valence-corrected chi connectivity index (χ0v) is 12.1. The maximum absolute atomic E-state index is 13.0.